The fraction of sp³-hybridized carbons (Fsp3) is 0.600. The summed E-state index contributed by atoms with van der Waals surface area (Å²) in [5, 5.41) is 0. The summed E-state index contributed by atoms with van der Waals surface area (Å²) >= 11 is 6.84. The lowest BCUT2D eigenvalue weighted by Crippen LogP contribution is -2.54. The molecule has 4 aliphatic rings. The highest BCUT2D eigenvalue weighted by atomic mass is 35.5. The second kappa shape index (κ2) is 3.88. The van der Waals surface area contributed by atoms with Crippen LogP contribution < -0.4 is 5.73 Å². The number of alkyl halides is 1. The molecule has 2 atom stereocenters. The molecule has 1 aromatic carbocycles. The van der Waals surface area contributed by atoms with Gasteiger partial charge in [0.25, 0.3) is 0 Å². The van der Waals surface area contributed by atoms with E-state index in [2.05, 4.69) is 24.3 Å². The topological polar surface area (TPSA) is 26.0 Å². The molecule has 4 aliphatic carbocycles. The van der Waals surface area contributed by atoms with Crippen LogP contribution in [0, 0.1) is 0 Å². The van der Waals surface area contributed by atoms with Crippen LogP contribution in [0.5, 0.6) is 0 Å². The maximum atomic E-state index is 6.84. The van der Waals surface area contributed by atoms with E-state index in [1.54, 1.807) is 0 Å². The van der Waals surface area contributed by atoms with Gasteiger partial charge >= 0.3 is 0 Å². The van der Waals surface area contributed by atoms with Crippen LogP contribution in [0.4, 0.5) is 0 Å². The lowest BCUT2D eigenvalue weighted by Gasteiger charge is -2.50. The molecular formula is C15H19Cl2N. The van der Waals surface area contributed by atoms with Crippen molar-refractivity contribution >= 4 is 24.0 Å². The number of hydrogen-bond donors (Lipinski definition) is 1. The quantitative estimate of drug-likeness (QED) is 0.717. The molecule has 2 fully saturated rings. The Kier molecular flexibility index (Phi) is 2.75. The fourth-order valence-electron chi connectivity index (χ4n) is 4.79. The summed E-state index contributed by atoms with van der Waals surface area (Å²) in [6.07, 6.45) is 5.54. The Balaban J connectivity index is 0.000001000. The van der Waals surface area contributed by atoms with Crippen molar-refractivity contribution < 1.29 is 0 Å². The van der Waals surface area contributed by atoms with E-state index in [-0.39, 0.29) is 22.8 Å². The van der Waals surface area contributed by atoms with Gasteiger partial charge in [-0.2, -0.15) is 0 Å². The molecule has 5 rings (SSSR count). The first-order valence-electron chi connectivity index (χ1n) is 6.64. The van der Waals surface area contributed by atoms with Gasteiger partial charge in [0.05, 0.1) is 0 Å². The third-order valence-corrected chi connectivity index (χ3v) is 5.52. The second-order valence-corrected chi connectivity index (χ2v) is 7.33. The molecular weight excluding hydrogens is 265 g/mol. The Bertz CT molecular complexity index is 430. The van der Waals surface area contributed by atoms with E-state index in [0.29, 0.717) is 11.8 Å². The van der Waals surface area contributed by atoms with Crippen LogP contribution in [0.2, 0.25) is 0 Å². The van der Waals surface area contributed by atoms with Gasteiger partial charge in [-0.15, -0.1) is 24.0 Å². The average molecular weight is 284 g/mol. The van der Waals surface area contributed by atoms with Crippen molar-refractivity contribution in [3.63, 3.8) is 0 Å². The van der Waals surface area contributed by atoms with Crippen molar-refractivity contribution in [3.8, 4) is 0 Å². The molecule has 0 aliphatic heterocycles. The minimum Gasteiger partial charge on any atom is -0.325 e. The summed E-state index contributed by atoms with van der Waals surface area (Å²) in [7, 11) is 0. The molecule has 18 heavy (non-hydrogen) atoms. The molecule has 0 radical (unpaired) electrons. The van der Waals surface area contributed by atoms with Crippen LogP contribution in [0.15, 0.2) is 24.3 Å². The normalized spacial score (nSPS) is 44.1. The largest absolute Gasteiger partial charge is 0.325 e. The lowest BCUT2D eigenvalue weighted by molar-refractivity contribution is 0.151. The second-order valence-electron chi connectivity index (χ2n) is 6.53. The highest BCUT2D eigenvalue weighted by Gasteiger charge is 2.54. The smallest absolute Gasteiger partial charge is 0.0476 e. The summed E-state index contributed by atoms with van der Waals surface area (Å²) in [4.78, 5) is -0.0282. The highest BCUT2D eigenvalue weighted by molar-refractivity contribution is 6.24. The van der Waals surface area contributed by atoms with Crippen molar-refractivity contribution in [1.29, 1.82) is 0 Å². The molecule has 0 amide bonds. The van der Waals surface area contributed by atoms with E-state index >= 15 is 0 Å². The minimum absolute atomic E-state index is 0. The van der Waals surface area contributed by atoms with Gasteiger partial charge in [0.1, 0.15) is 0 Å². The minimum atomic E-state index is -0.0282. The van der Waals surface area contributed by atoms with Crippen LogP contribution in [-0.4, -0.2) is 10.4 Å². The molecule has 3 heteroatoms. The Hall–Kier alpha value is -0.240. The van der Waals surface area contributed by atoms with Crippen LogP contribution in [0.3, 0.4) is 0 Å². The highest BCUT2D eigenvalue weighted by Crippen LogP contribution is 2.60. The van der Waals surface area contributed by atoms with E-state index in [4.69, 9.17) is 17.3 Å². The van der Waals surface area contributed by atoms with E-state index in [0.717, 1.165) is 32.1 Å². The summed E-state index contributed by atoms with van der Waals surface area (Å²) in [5.74, 6) is 1.19. The Labute approximate surface area is 119 Å². The van der Waals surface area contributed by atoms with E-state index < -0.39 is 0 Å². The fourth-order valence-corrected chi connectivity index (χ4v) is 5.43. The number of benzene rings is 1. The number of nitrogens with two attached hydrogens (primary N) is 1. The van der Waals surface area contributed by atoms with Crippen molar-refractivity contribution in [1.82, 2.24) is 0 Å². The molecule has 2 unspecified atom stereocenters. The van der Waals surface area contributed by atoms with Crippen molar-refractivity contribution in [3.05, 3.63) is 35.4 Å². The SMILES string of the molecule is Cl.NC12CC3CC(Cl)(CC(C1)c1ccccc13)C2. The molecule has 0 aromatic heterocycles. The molecule has 98 valence electrons. The van der Waals surface area contributed by atoms with Gasteiger partial charge in [-0.25, -0.2) is 0 Å². The van der Waals surface area contributed by atoms with Crippen molar-refractivity contribution in [2.45, 2.75) is 54.4 Å². The standard InChI is InChI=1S/C15H18ClN.ClH/c16-14-5-10-7-15(17,9-14)8-11(6-14)13-4-2-1-3-12(10)13;/h1-4,10-11H,5-9,17H2;1H. The Morgan fingerprint density at radius 2 is 1.50 bits per heavy atom. The molecule has 2 saturated carbocycles. The first kappa shape index (κ1) is 12.8. The van der Waals surface area contributed by atoms with E-state index in [1.165, 1.54) is 11.1 Å². The Morgan fingerprint density at radius 1 is 1.00 bits per heavy atom. The monoisotopic (exact) mass is 283 g/mol. The average Bonchev–Trinajstić information content (AvgIpc) is 2.38. The first-order chi connectivity index (χ1) is 8.07. The molecule has 0 saturated heterocycles. The predicted molar refractivity (Wildman–Crippen MR) is 77.8 cm³/mol. The summed E-state index contributed by atoms with van der Waals surface area (Å²) < 4.78 is 0. The van der Waals surface area contributed by atoms with E-state index in [9.17, 15) is 0 Å². The summed E-state index contributed by atoms with van der Waals surface area (Å²) in [5.41, 5.74) is 9.66. The lowest BCUT2D eigenvalue weighted by atomic mass is 9.62. The van der Waals surface area contributed by atoms with Gasteiger partial charge in [0, 0.05) is 10.4 Å². The number of rotatable bonds is 0. The number of hydrogen-bond acceptors (Lipinski definition) is 1. The van der Waals surface area contributed by atoms with Gasteiger partial charge in [0.2, 0.25) is 0 Å². The maximum absolute atomic E-state index is 6.84. The van der Waals surface area contributed by atoms with Crippen molar-refractivity contribution in [2.75, 3.05) is 0 Å². The predicted octanol–water partition coefficient (Wildman–Crippen LogP) is 3.94. The first-order valence-corrected chi connectivity index (χ1v) is 7.01. The molecule has 1 nitrogen and oxygen atoms in total. The zero-order valence-corrected chi connectivity index (χ0v) is 11.9. The van der Waals surface area contributed by atoms with Gasteiger partial charge in [-0.1, -0.05) is 24.3 Å². The van der Waals surface area contributed by atoms with Gasteiger partial charge in [0.15, 0.2) is 0 Å². The van der Waals surface area contributed by atoms with Gasteiger partial charge in [-0.05, 0) is 55.1 Å². The van der Waals surface area contributed by atoms with Gasteiger partial charge < -0.3 is 5.73 Å². The maximum Gasteiger partial charge on any atom is 0.0476 e. The molecule has 0 spiro atoms. The molecule has 4 bridgehead atoms. The van der Waals surface area contributed by atoms with Gasteiger partial charge in [-0.3, -0.25) is 0 Å². The van der Waals surface area contributed by atoms with Crippen LogP contribution in [0.1, 0.15) is 55.1 Å². The third kappa shape index (κ3) is 1.71. The third-order valence-electron chi connectivity index (χ3n) is 5.07. The molecule has 0 heterocycles. The zero-order valence-electron chi connectivity index (χ0n) is 10.4. The van der Waals surface area contributed by atoms with Crippen LogP contribution >= 0.6 is 24.0 Å². The van der Waals surface area contributed by atoms with Crippen LogP contribution in [0.25, 0.3) is 0 Å². The summed E-state index contributed by atoms with van der Waals surface area (Å²) in [6.45, 7) is 0. The molecule has 1 aromatic rings. The Morgan fingerprint density at radius 3 is 1.94 bits per heavy atom. The summed E-state index contributed by atoms with van der Waals surface area (Å²) in [6, 6.07) is 8.92. The number of halogens is 2. The van der Waals surface area contributed by atoms with E-state index in [1.807, 2.05) is 0 Å². The van der Waals surface area contributed by atoms with Crippen molar-refractivity contribution in [2.24, 2.45) is 5.73 Å². The molecule has 2 N–H and O–H groups in total. The van der Waals surface area contributed by atoms with Crippen LogP contribution in [-0.2, 0) is 0 Å². The zero-order chi connectivity index (χ0) is 11.7.